The van der Waals surface area contributed by atoms with Gasteiger partial charge in [-0.2, -0.15) is 0 Å². The molecule has 40 heavy (non-hydrogen) atoms. The molecule has 0 N–H and O–H groups in total. The average molecular weight is 524 g/mol. The van der Waals surface area contributed by atoms with Crippen molar-refractivity contribution in [1.82, 2.24) is 4.57 Å². The summed E-state index contributed by atoms with van der Waals surface area (Å²) in [5.41, 5.74) is 3.96. The molecule has 0 aliphatic carbocycles. The number of hydrogen-bond acceptors (Lipinski definition) is 3. The predicted octanol–water partition coefficient (Wildman–Crippen LogP) is 8.28. The molecule has 0 radical (unpaired) electrons. The second kappa shape index (κ2) is 7.19. The van der Waals surface area contributed by atoms with Crippen LogP contribution in [0.25, 0.3) is 70.3 Å². The van der Waals surface area contributed by atoms with E-state index in [0.29, 0.717) is 16.5 Å². The zero-order valence-corrected chi connectivity index (χ0v) is 23.8. The first-order chi connectivity index (χ1) is 19.0. The molecule has 4 nitrogen and oxygen atoms in total. The Morgan fingerprint density at radius 1 is 0.575 bits per heavy atom. The molecule has 0 spiro atoms. The molecule has 0 atom stereocenters. The van der Waals surface area contributed by atoms with Crippen molar-refractivity contribution in [2.75, 3.05) is 0 Å². The lowest BCUT2D eigenvalue weighted by molar-refractivity contribution is 0.133. The van der Waals surface area contributed by atoms with E-state index in [0.717, 1.165) is 65.7 Å². The van der Waals surface area contributed by atoms with Crippen LogP contribution in [0.4, 0.5) is 0 Å². The summed E-state index contributed by atoms with van der Waals surface area (Å²) in [4.78, 5) is 28.8. The van der Waals surface area contributed by atoms with Crippen molar-refractivity contribution in [2.45, 2.75) is 54.1 Å². The van der Waals surface area contributed by atoms with Crippen molar-refractivity contribution in [3.8, 4) is 11.4 Å². The molecule has 0 bridgehead atoms. The Bertz CT molecular complexity index is 2460. The van der Waals surface area contributed by atoms with Gasteiger partial charge in [0.2, 0.25) is 0 Å². The SMILES string of the molecule is Cc1ccc(-n2c(=O)c3c4cc(C)c5ccc6ccc7c(OC(C)(C)C)cc(c3c2=O)c2c7c6c5c42)c(C)c1C. The molecule has 0 aliphatic rings. The third-order valence-corrected chi connectivity index (χ3v) is 9.11. The third-order valence-electron chi connectivity index (χ3n) is 9.11. The Labute approximate surface area is 230 Å². The van der Waals surface area contributed by atoms with Gasteiger partial charge in [-0.25, -0.2) is 4.57 Å². The van der Waals surface area contributed by atoms with Crippen LogP contribution in [0.2, 0.25) is 0 Å². The summed E-state index contributed by atoms with van der Waals surface area (Å²) < 4.78 is 7.94. The van der Waals surface area contributed by atoms with Crippen LogP contribution in [-0.2, 0) is 0 Å². The lowest BCUT2D eigenvalue weighted by atomic mass is 9.93. The lowest BCUT2D eigenvalue weighted by Gasteiger charge is -2.23. The van der Waals surface area contributed by atoms with E-state index in [9.17, 15) is 9.59 Å². The van der Waals surface area contributed by atoms with Crippen LogP contribution in [0.1, 0.15) is 43.0 Å². The van der Waals surface area contributed by atoms with E-state index in [1.807, 2.05) is 52.8 Å². The van der Waals surface area contributed by atoms with Crippen LogP contribution in [0.3, 0.4) is 0 Å². The van der Waals surface area contributed by atoms with Gasteiger partial charge in [-0.1, -0.05) is 24.3 Å². The van der Waals surface area contributed by atoms with Gasteiger partial charge in [0.05, 0.1) is 16.5 Å². The van der Waals surface area contributed by atoms with Gasteiger partial charge in [-0.05, 0) is 133 Å². The fourth-order valence-corrected chi connectivity index (χ4v) is 7.15. The molecule has 8 rings (SSSR count). The van der Waals surface area contributed by atoms with Crippen molar-refractivity contribution in [3.63, 3.8) is 0 Å². The van der Waals surface area contributed by atoms with Crippen molar-refractivity contribution in [2.24, 2.45) is 0 Å². The van der Waals surface area contributed by atoms with Crippen molar-refractivity contribution < 1.29 is 4.74 Å². The summed E-state index contributed by atoms with van der Waals surface area (Å²) in [6.07, 6.45) is 0. The molecule has 7 aromatic carbocycles. The maximum absolute atomic E-state index is 14.4. The van der Waals surface area contributed by atoms with Crippen LogP contribution < -0.4 is 15.9 Å². The highest BCUT2D eigenvalue weighted by molar-refractivity contribution is 6.48. The quantitative estimate of drug-likeness (QED) is 0.214. The van der Waals surface area contributed by atoms with Gasteiger partial charge in [0.25, 0.3) is 11.1 Å². The first kappa shape index (κ1) is 23.4. The number of nitrogens with zero attached hydrogens (tertiary/aromatic N) is 1. The Morgan fingerprint density at radius 3 is 1.80 bits per heavy atom. The van der Waals surface area contributed by atoms with Crippen LogP contribution in [-0.4, -0.2) is 10.2 Å². The van der Waals surface area contributed by atoms with Gasteiger partial charge >= 0.3 is 0 Å². The maximum Gasteiger partial charge on any atom is 0.266 e. The number of aromatic nitrogens is 1. The van der Waals surface area contributed by atoms with Gasteiger partial charge in [0.15, 0.2) is 0 Å². The van der Waals surface area contributed by atoms with Gasteiger partial charge in [-0.3, -0.25) is 9.59 Å². The molecule has 0 unspecified atom stereocenters. The molecule has 0 fully saturated rings. The highest BCUT2D eigenvalue weighted by Crippen LogP contribution is 2.52. The molecule has 0 amide bonds. The second-order valence-corrected chi connectivity index (χ2v) is 12.5. The van der Waals surface area contributed by atoms with E-state index >= 15 is 0 Å². The van der Waals surface area contributed by atoms with Gasteiger partial charge < -0.3 is 4.74 Å². The van der Waals surface area contributed by atoms with Gasteiger partial charge in [0, 0.05) is 16.2 Å². The molecule has 1 heterocycles. The van der Waals surface area contributed by atoms with Crippen LogP contribution >= 0.6 is 0 Å². The molecule has 8 aromatic rings. The topological polar surface area (TPSA) is 48.3 Å². The zero-order chi connectivity index (χ0) is 28.0. The fraction of sp³-hybridized carbons (Fsp3) is 0.222. The fourth-order valence-electron chi connectivity index (χ4n) is 7.15. The first-order valence-electron chi connectivity index (χ1n) is 13.9. The third kappa shape index (κ3) is 2.66. The maximum atomic E-state index is 14.4. The summed E-state index contributed by atoms with van der Waals surface area (Å²) >= 11 is 0. The number of hydrogen-bond donors (Lipinski definition) is 0. The second-order valence-electron chi connectivity index (χ2n) is 12.5. The summed E-state index contributed by atoms with van der Waals surface area (Å²) in [7, 11) is 0. The minimum atomic E-state index is -0.436. The summed E-state index contributed by atoms with van der Waals surface area (Å²) in [5, 5.41) is 11.6. The lowest BCUT2D eigenvalue weighted by Crippen LogP contribution is -2.24. The van der Waals surface area contributed by atoms with Crippen molar-refractivity contribution in [1.29, 1.82) is 0 Å². The Morgan fingerprint density at radius 2 is 1.15 bits per heavy atom. The van der Waals surface area contributed by atoms with E-state index in [2.05, 4.69) is 44.2 Å². The number of ether oxygens (including phenoxy) is 1. The smallest absolute Gasteiger partial charge is 0.266 e. The zero-order valence-electron chi connectivity index (χ0n) is 23.8. The van der Waals surface area contributed by atoms with E-state index in [1.165, 1.54) is 20.7 Å². The van der Waals surface area contributed by atoms with Crippen molar-refractivity contribution >= 4 is 64.6 Å². The van der Waals surface area contributed by atoms with E-state index in [1.54, 1.807) is 0 Å². The largest absolute Gasteiger partial charge is 0.487 e. The van der Waals surface area contributed by atoms with Gasteiger partial charge in [-0.15, -0.1) is 0 Å². The standard InChI is InChI=1S/C36H29NO3/c1-16-8-13-25(19(4)18(16)3)37-34(38)32-23-14-17(2)21-11-9-20-10-12-22-26(40-36(5,6)7)15-24(33(32)35(37)39)31-29(22)27(20)28(21)30(23)31/h8-15H,1-7H3. The molecular formula is C36H29NO3. The monoisotopic (exact) mass is 523 g/mol. The molecule has 0 saturated heterocycles. The number of fused-ring (bicyclic) bond motifs is 3. The predicted molar refractivity (Wildman–Crippen MR) is 167 cm³/mol. The summed E-state index contributed by atoms with van der Waals surface area (Å²) in [6, 6.07) is 16.7. The first-order valence-corrected chi connectivity index (χ1v) is 13.9. The number of benzene rings is 6. The minimum absolute atomic E-state index is 0.256. The van der Waals surface area contributed by atoms with Gasteiger partial charge in [0.1, 0.15) is 11.4 Å². The Hall–Kier alpha value is -4.44. The average Bonchev–Trinajstić information content (AvgIpc) is 3.38. The molecule has 0 saturated carbocycles. The normalized spacial score (nSPS) is 13.1. The number of aryl methyl sites for hydroxylation is 2. The Balaban J connectivity index is 1.70. The van der Waals surface area contributed by atoms with E-state index in [-0.39, 0.29) is 11.1 Å². The van der Waals surface area contributed by atoms with E-state index in [4.69, 9.17) is 4.74 Å². The highest BCUT2D eigenvalue weighted by atomic mass is 16.5. The molecular weight excluding hydrogens is 494 g/mol. The van der Waals surface area contributed by atoms with Crippen LogP contribution in [0, 0.1) is 27.7 Å². The molecule has 0 aliphatic heterocycles. The van der Waals surface area contributed by atoms with Crippen LogP contribution in [0.5, 0.6) is 5.75 Å². The minimum Gasteiger partial charge on any atom is -0.487 e. The van der Waals surface area contributed by atoms with E-state index < -0.39 is 5.60 Å². The highest BCUT2D eigenvalue weighted by Gasteiger charge is 2.30. The van der Waals surface area contributed by atoms with Crippen LogP contribution in [0.15, 0.2) is 58.1 Å². The Kier molecular flexibility index (Phi) is 4.22. The molecule has 196 valence electrons. The summed E-state index contributed by atoms with van der Waals surface area (Å²) in [6.45, 7) is 14.3. The molecule has 4 heteroatoms. The number of rotatable bonds is 2. The molecule has 1 aromatic heterocycles. The van der Waals surface area contributed by atoms with Crippen molar-refractivity contribution in [3.05, 3.63) is 91.5 Å². The summed E-state index contributed by atoms with van der Waals surface area (Å²) in [5.74, 6) is 0.737.